The van der Waals surface area contributed by atoms with E-state index in [0.29, 0.717) is 11.3 Å². The standard InChI is InChI=1S/C23H24FN3O4/c1-10-6-9-14(31-10)21(23(3,4)5)27-18-17(19(28)20(18)29)26-16-13(24)8-7-12-11(2)25-22(30)15(12)16/h6-9,11,21,26-27H,1-5H3,(H,25,30)/t11-,21-/m0/s1. The summed E-state index contributed by atoms with van der Waals surface area (Å²) in [4.78, 5) is 37.1. The molecule has 8 heteroatoms. The van der Waals surface area contributed by atoms with Gasteiger partial charge in [-0.05, 0) is 43.0 Å². The average Bonchev–Trinajstić information content (AvgIpc) is 3.23. The number of halogens is 1. The number of benzene rings is 1. The van der Waals surface area contributed by atoms with E-state index in [1.807, 2.05) is 39.8 Å². The number of anilines is 3. The second-order valence-corrected chi connectivity index (χ2v) is 9.01. The maximum atomic E-state index is 14.6. The van der Waals surface area contributed by atoms with Gasteiger partial charge < -0.3 is 20.4 Å². The first-order valence-corrected chi connectivity index (χ1v) is 10.1. The molecule has 0 saturated carbocycles. The van der Waals surface area contributed by atoms with Crippen molar-refractivity contribution in [3.8, 4) is 0 Å². The third kappa shape index (κ3) is 3.41. The Hall–Kier alpha value is -3.42. The summed E-state index contributed by atoms with van der Waals surface area (Å²) < 4.78 is 20.4. The second kappa shape index (κ2) is 7.08. The van der Waals surface area contributed by atoms with Gasteiger partial charge in [0.1, 0.15) is 28.7 Å². The normalized spacial score (nSPS) is 16.8. The van der Waals surface area contributed by atoms with Crippen molar-refractivity contribution in [1.29, 1.82) is 0 Å². The molecule has 1 amide bonds. The molecule has 162 valence electrons. The molecule has 0 spiro atoms. The smallest absolute Gasteiger partial charge is 0.254 e. The highest BCUT2D eigenvalue weighted by Gasteiger charge is 2.35. The van der Waals surface area contributed by atoms with E-state index in [4.69, 9.17) is 4.42 Å². The molecule has 4 rings (SSSR count). The van der Waals surface area contributed by atoms with Crippen LogP contribution in [0.1, 0.15) is 67.2 Å². The lowest BCUT2D eigenvalue weighted by Crippen LogP contribution is -2.39. The maximum absolute atomic E-state index is 14.6. The minimum Gasteiger partial charge on any atom is -0.464 e. The summed E-state index contributed by atoms with van der Waals surface area (Å²) >= 11 is 0. The number of furan rings is 1. The van der Waals surface area contributed by atoms with Crippen LogP contribution in [0.4, 0.5) is 21.5 Å². The van der Waals surface area contributed by atoms with E-state index in [1.165, 1.54) is 12.1 Å². The largest absolute Gasteiger partial charge is 0.464 e. The minimum atomic E-state index is -0.769. The number of carbonyl (C=O) groups excluding carboxylic acids is 1. The Labute approximate surface area is 178 Å². The summed E-state index contributed by atoms with van der Waals surface area (Å²) in [6, 6.07) is 5.71. The molecule has 0 aliphatic carbocycles. The highest BCUT2D eigenvalue weighted by molar-refractivity contribution is 6.05. The van der Waals surface area contributed by atoms with Crippen LogP contribution in [0.15, 0.2) is 38.3 Å². The number of aryl methyl sites for hydroxylation is 1. The van der Waals surface area contributed by atoms with E-state index < -0.39 is 28.6 Å². The summed E-state index contributed by atoms with van der Waals surface area (Å²) in [5.74, 6) is 0.216. The zero-order valence-electron chi connectivity index (χ0n) is 18.0. The molecule has 31 heavy (non-hydrogen) atoms. The molecule has 3 N–H and O–H groups in total. The van der Waals surface area contributed by atoms with E-state index >= 15 is 0 Å². The Morgan fingerprint density at radius 2 is 1.71 bits per heavy atom. The van der Waals surface area contributed by atoms with Crippen LogP contribution in [0.5, 0.6) is 0 Å². The summed E-state index contributed by atoms with van der Waals surface area (Å²) in [6.07, 6.45) is 0. The Bertz CT molecular complexity index is 1260. The molecular weight excluding hydrogens is 401 g/mol. The number of rotatable bonds is 5. The Kier molecular flexibility index (Phi) is 4.76. The molecule has 1 aromatic heterocycles. The number of hydrogen-bond acceptors (Lipinski definition) is 6. The van der Waals surface area contributed by atoms with Crippen molar-refractivity contribution in [3.05, 3.63) is 73.2 Å². The number of amides is 1. The van der Waals surface area contributed by atoms with Gasteiger partial charge >= 0.3 is 0 Å². The van der Waals surface area contributed by atoms with E-state index in [-0.39, 0.29) is 34.1 Å². The third-order valence-electron chi connectivity index (χ3n) is 5.59. The fraction of sp³-hybridized carbons (Fsp3) is 0.348. The summed E-state index contributed by atoms with van der Waals surface area (Å²) in [6.45, 7) is 9.51. The number of fused-ring (bicyclic) bond motifs is 1. The minimum absolute atomic E-state index is 0.0439. The highest BCUT2D eigenvalue weighted by atomic mass is 19.1. The molecule has 0 fully saturated rings. The molecular formula is C23H24FN3O4. The van der Waals surface area contributed by atoms with E-state index in [2.05, 4.69) is 16.0 Å². The SMILES string of the molecule is Cc1ccc([C@H](Nc2c(Nc3c(F)ccc4c3C(=O)N[C@H]4C)c(=O)c2=O)C(C)(C)C)o1. The van der Waals surface area contributed by atoms with Gasteiger partial charge in [0.05, 0.1) is 23.3 Å². The Morgan fingerprint density at radius 1 is 1.03 bits per heavy atom. The molecule has 1 aliphatic heterocycles. The van der Waals surface area contributed by atoms with Crippen LogP contribution in [0.25, 0.3) is 0 Å². The van der Waals surface area contributed by atoms with Gasteiger partial charge in [0.2, 0.25) is 0 Å². The molecule has 0 unspecified atom stereocenters. The molecule has 0 bridgehead atoms. The molecule has 2 aromatic carbocycles. The van der Waals surface area contributed by atoms with Crippen molar-refractivity contribution >= 4 is 23.0 Å². The third-order valence-corrected chi connectivity index (χ3v) is 5.59. The number of nitrogens with one attached hydrogen (secondary N) is 3. The molecule has 0 radical (unpaired) electrons. The summed E-state index contributed by atoms with van der Waals surface area (Å²) in [5, 5.41) is 8.56. The van der Waals surface area contributed by atoms with E-state index in [9.17, 15) is 18.8 Å². The van der Waals surface area contributed by atoms with Crippen LogP contribution in [-0.2, 0) is 0 Å². The average molecular weight is 425 g/mol. The highest BCUT2D eigenvalue weighted by Crippen LogP contribution is 2.39. The number of hydrogen-bond donors (Lipinski definition) is 3. The molecule has 2 heterocycles. The zero-order chi connectivity index (χ0) is 22.7. The van der Waals surface area contributed by atoms with Gasteiger partial charge in [-0.15, -0.1) is 0 Å². The Morgan fingerprint density at radius 3 is 2.32 bits per heavy atom. The van der Waals surface area contributed by atoms with Crippen molar-refractivity contribution < 1.29 is 13.6 Å². The van der Waals surface area contributed by atoms with Crippen molar-refractivity contribution in [1.82, 2.24) is 5.32 Å². The first-order valence-electron chi connectivity index (χ1n) is 10.1. The predicted octanol–water partition coefficient (Wildman–Crippen LogP) is 4.07. The van der Waals surface area contributed by atoms with Crippen LogP contribution < -0.4 is 26.8 Å². The first kappa shape index (κ1) is 20.8. The first-order chi connectivity index (χ1) is 14.5. The van der Waals surface area contributed by atoms with Gasteiger partial charge in [-0.1, -0.05) is 26.8 Å². The van der Waals surface area contributed by atoms with Crippen molar-refractivity contribution in [2.75, 3.05) is 10.6 Å². The van der Waals surface area contributed by atoms with E-state index in [0.717, 1.165) is 5.76 Å². The quantitative estimate of drug-likeness (QED) is 0.533. The van der Waals surface area contributed by atoms with Crippen LogP contribution in [-0.4, -0.2) is 5.91 Å². The van der Waals surface area contributed by atoms with Gasteiger partial charge in [-0.2, -0.15) is 0 Å². The van der Waals surface area contributed by atoms with Crippen molar-refractivity contribution in [3.63, 3.8) is 0 Å². The Balaban J connectivity index is 1.73. The van der Waals surface area contributed by atoms with E-state index in [1.54, 1.807) is 6.92 Å². The lowest BCUT2D eigenvalue weighted by Gasteiger charge is -2.31. The lowest BCUT2D eigenvalue weighted by molar-refractivity contribution is 0.0959. The lowest BCUT2D eigenvalue weighted by atomic mass is 9.85. The molecule has 7 nitrogen and oxygen atoms in total. The molecule has 1 aliphatic rings. The van der Waals surface area contributed by atoms with Gasteiger partial charge in [0.15, 0.2) is 0 Å². The molecule has 0 saturated heterocycles. The monoisotopic (exact) mass is 425 g/mol. The summed E-state index contributed by atoms with van der Waals surface area (Å²) in [7, 11) is 0. The van der Waals surface area contributed by atoms with Gasteiger partial charge in [-0.25, -0.2) is 4.39 Å². The summed E-state index contributed by atoms with van der Waals surface area (Å²) in [5.41, 5.74) is -1.21. The fourth-order valence-electron chi connectivity index (χ4n) is 3.91. The molecule has 2 atom stereocenters. The van der Waals surface area contributed by atoms with Gasteiger partial charge in [0, 0.05) is 0 Å². The zero-order valence-corrected chi connectivity index (χ0v) is 18.0. The number of carbonyl (C=O) groups is 1. The van der Waals surface area contributed by atoms with Crippen LogP contribution >= 0.6 is 0 Å². The molecule has 3 aromatic rings. The van der Waals surface area contributed by atoms with Gasteiger partial charge in [0.25, 0.3) is 16.8 Å². The predicted molar refractivity (Wildman–Crippen MR) is 116 cm³/mol. The fourth-order valence-corrected chi connectivity index (χ4v) is 3.91. The van der Waals surface area contributed by atoms with Crippen molar-refractivity contribution in [2.24, 2.45) is 5.41 Å². The van der Waals surface area contributed by atoms with Crippen LogP contribution in [0.3, 0.4) is 0 Å². The van der Waals surface area contributed by atoms with Crippen LogP contribution in [0, 0.1) is 18.2 Å². The van der Waals surface area contributed by atoms with Crippen LogP contribution in [0.2, 0.25) is 0 Å². The van der Waals surface area contributed by atoms with Gasteiger partial charge in [-0.3, -0.25) is 14.4 Å². The second-order valence-electron chi connectivity index (χ2n) is 9.01. The van der Waals surface area contributed by atoms with Crippen molar-refractivity contribution in [2.45, 2.75) is 46.7 Å². The topological polar surface area (TPSA) is 100 Å². The maximum Gasteiger partial charge on any atom is 0.254 e.